The summed E-state index contributed by atoms with van der Waals surface area (Å²) in [5.74, 6) is 4.09. The van der Waals surface area contributed by atoms with Crippen LogP contribution in [0.2, 0.25) is 0 Å². The van der Waals surface area contributed by atoms with Crippen LogP contribution in [-0.4, -0.2) is 53.8 Å². The third kappa shape index (κ3) is 2.40. The molecular formula is C16H21N7O. The van der Waals surface area contributed by atoms with E-state index in [1.54, 1.807) is 18.1 Å². The van der Waals surface area contributed by atoms with Crippen LogP contribution < -0.4 is 0 Å². The molecule has 2 atom stereocenters. The second-order valence-corrected chi connectivity index (χ2v) is 7.41. The second kappa shape index (κ2) is 5.12. The van der Waals surface area contributed by atoms with Gasteiger partial charge >= 0.3 is 0 Å². The number of H-pyrrole nitrogens is 1. The van der Waals surface area contributed by atoms with E-state index in [0.29, 0.717) is 24.3 Å². The number of carbonyl (C=O) groups excluding carboxylic acids is 1. The van der Waals surface area contributed by atoms with Crippen molar-refractivity contribution in [3.8, 4) is 0 Å². The average molecular weight is 327 g/mol. The average Bonchev–Trinajstić information content (AvgIpc) is 3.47. The van der Waals surface area contributed by atoms with Crippen molar-refractivity contribution >= 4 is 5.91 Å². The van der Waals surface area contributed by atoms with Crippen molar-refractivity contribution in [1.29, 1.82) is 0 Å². The maximum Gasteiger partial charge on any atom is 0.293 e. The summed E-state index contributed by atoms with van der Waals surface area (Å²) in [4.78, 5) is 23.4. The molecule has 2 saturated carbocycles. The molecule has 0 spiro atoms. The first-order valence-electron chi connectivity index (χ1n) is 8.76. The Bertz CT molecular complexity index is 773. The van der Waals surface area contributed by atoms with Gasteiger partial charge in [0.2, 0.25) is 5.82 Å². The lowest BCUT2D eigenvalue weighted by Gasteiger charge is -2.14. The van der Waals surface area contributed by atoms with Crippen LogP contribution in [0.4, 0.5) is 0 Å². The molecule has 2 aliphatic carbocycles. The SMILES string of the molecule is Cn1cnc(C(=O)N2C[C@H](c3nc(C4CC4)n[nH]3)[C@@H](C3CC3)C2)n1. The molecule has 1 amide bonds. The maximum atomic E-state index is 12.7. The molecule has 3 aliphatic rings. The highest BCUT2D eigenvalue weighted by Crippen LogP contribution is 2.47. The number of aromatic nitrogens is 6. The van der Waals surface area contributed by atoms with Crippen LogP contribution in [-0.2, 0) is 7.05 Å². The van der Waals surface area contributed by atoms with Gasteiger partial charge in [-0.1, -0.05) is 0 Å². The molecule has 8 heteroatoms. The molecule has 126 valence electrons. The number of nitrogens with one attached hydrogen (secondary N) is 1. The third-order valence-corrected chi connectivity index (χ3v) is 5.48. The summed E-state index contributed by atoms with van der Waals surface area (Å²) in [5.41, 5.74) is 0. The number of rotatable bonds is 4. The summed E-state index contributed by atoms with van der Waals surface area (Å²) in [6.45, 7) is 1.45. The van der Waals surface area contributed by atoms with Crippen molar-refractivity contribution in [3.63, 3.8) is 0 Å². The fraction of sp³-hybridized carbons (Fsp3) is 0.688. The zero-order chi connectivity index (χ0) is 16.3. The number of aromatic amines is 1. The van der Waals surface area contributed by atoms with E-state index in [2.05, 4.69) is 20.3 Å². The van der Waals surface area contributed by atoms with Gasteiger partial charge in [0.05, 0.1) is 0 Å². The first kappa shape index (κ1) is 14.1. The van der Waals surface area contributed by atoms with E-state index in [4.69, 9.17) is 4.98 Å². The number of nitrogens with zero attached hydrogens (tertiary/aromatic N) is 6. The van der Waals surface area contributed by atoms with Gasteiger partial charge in [-0.15, -0.1) is 5.10 Å². The standard InChI is InChI=1S/C16H21N7O/c1-22-8-17-15(21-22)16(24)23-6-11(9-2-3-9)12(7-23)14-18-13(19-20-14)10-4-5-10/h8-12H,2-7H2,1H3,(H,18,19,20)/t11-,12+/m1/s1. The van der Waals surface area contributed by atoms with Gasteiger partial charge in [-0.05, 0) is 37.5 Å². The van der Waals surface area contributed by atoms with Crippen LogP contribution in [0.1, 0.15) is 59.8 Å². The summed E-state index contributed by atoms with van der Waals surface area (Å²) in [5, 5.41) is 11.7. The fourth-order valence-corrected chi connectivity index (χ4v) is 3.84. The largest absolute Gasteiger partial charge is 0.335 e. The van der Waals surface area contributed by atoms with Crippen LogP contribution >= 0.6 is 0 Å². The fourth-order valence-electron chi connectivity index (χ4n) is 3.84. The van der Waals surface area contributed by atoms with Crippen LogP contribution in [0, 0.1) is 11.8 Å². The Labute approximate surface area is 139 Å². The third-order valence-electron chi connectivity index (χ3n) is 5.48. The molecule has 8 nitrogen and oxygen atoms in total. The van der Waals surface area contributed by atoms with Crippen LogP contribution in [0.15, 0.2) is 6.33 Å². The molecule has 24 heavy (non-hydrogen) atoms. The molecule has 0 bridgehead atoms. The van der Waals surface area contributed by atoms with Crippen LogP contribution in [0.25, 0.3) is 0 Å². The lowest BCUT2D eigenvalue weighted by Crippen LogP contribution is -2.30. The smallest absolute Gasteiger partial charge is 0.293 e. The Hall–Kier alpha value is -2.25. The van der Waals surface area contributed by atoms with Gasteiger partial charge in [0.25, 0.3) is 5.91 Å². The van der Waals surface area contributed by atoms with Gasteiger partial charge in [-0.25, -0.2) is 9.97 Å². The second-order valence-electron chi connectivity index (χ2n) is 7.41. The lowest BCUT2D eigenvalue weighted by molar-refractivity contribution is 0.0772. The number of hydrogen-bond donors (Lipinski definition) is 1. The molecule has 1 N–H and O–H groups in total. The van der Waals surface area contributed by atoms with Gasteiger partial charge in [-0.2, -0.15) is 5.10 Å². The summed E-state index contributed by atoms with van der Waals surface area (Å²) >= 11 is 0. The zero-order valence-corrected chi connectivity index (χ0v) is 13.7. The molecule has 2 aromatic rings. The number of likely N-dealkylation sites (tertiary alicyclic amines) is 1. The summed E-state index contributed by atoms with van der Waals surface area (Å²) in [6.07, 6.45) is 6.48. The minimum absolute atomic E-state index is 0.0781. The number of hydrogen-bond acceptors (Lipinski definition) is 5. The molecular weight excluding hydrogens is 306 g/mol. The monoisotopic (exact) mass is 327 g/mol. The van der Waals surface area contributed by atoms with Crippen LogP contribution in [0.5, 0.6) is 0 Å². The van der Waals surface area contributed by atoms with E-state index in [1.807, 2.05) is 4.90 Å². The zero-order valence-electron chi connectivity index (χ0n) is 13.7. The van der Waals surface area contributed by atoms with Crippen molar-refractivity contribution in [2.45, 2.75) is 37.5 Å². The molecule has 0 aromatic carbocycles. The number of aryl methyl sites for hydroxylation is 1. The normalized spacial score (nSPS) is 27.0. The van der Waals surface area contributed by atoms with E-state index in [1.165, 1.54) is 25.7 Å². The number of carbonyl (C=O) groups is 1. The van der Waals surface area contributed by atoms with E-state index in [0.717, 1.165) is 18.2 Å². The predicted molar refractivity (Wildman–Crippen MR) is 84.2 cm³/mol. The topological polar surface area (TPSA) is 92.6 Å². The summed E-state index contributed by atoms with van der Waals surface area (Å²) in [6, 6.07) is 0. The summed E-state index contributed by atoms with van der Waals surface area (Å²) < 4.78 is 1.57. The van der Waals surface area contributed by atoms with Gasteiger partial charge in [0, 0.05) is 32.0 Å². The van der Waals surface area contributed by atoms with Gasteiger partial charge < -0.3 is 4.90 Å². The Kier molecular flexibility index (Phi) is 3.01. The minimum atomic E-state index is -0.0781. The number of amides is 1. The van der Waals surface area contributed by atoms with Crippen molar-refractivity contribution in [2.24, 2.45) is 18.9 Å². The molecule has 1 aliphatic heterocycles. The van der Waals surface area contributed by atoms with Gasteiger partial charge in [0.1, 0.15) is 12.2 Å². The maximum absolute atomic E-state index is 12.7. The van der Waals surface area contributed by atoms with Crippen molar-refractivity contribution < 1.29 is 4.79 Å². The molecule has 3 heterocycles. The highest BCUT2D eigenvalue weighted by molar-refractivity contribution is 5.90. The molecule has 5 rings (SSSR count). The van der Waals surface area contributed by atoms with E-state index >= 15 is 0 Å². The quantitative estimate of drug-likeness (QED) is 0.907. The van der Waals surface area contributed by atoms with E-state index in [9.17, 15) is 4.79 Å². The summed E-state index contributed by atoms with van der Waals surface area (Å²) in [7, 11) is 1.78. The highest BCUT2D eigenvalue weighted by atomic mass is 16.2. The van der Waals surface area contributed by atoms with Crippen LogP contribution in [0.3, 0.4) is 0 Å². The van der Waals surface area contributed by atoms with Crippen molar-refractivity contribution in [1.82, 2.24) is 34.8 Å². The minimum Gasteiger partial charge on any atom is -0.335 e. The lowest BCUT2D eigenvalue weighted by atomic mass is 9.91. The molecule has 3 fully saturated rings. The van der Waals surface area contributed by atoms with Crippen molar-refractivity contribution in [2.75, 3.05) is 13.1 Å². The molecule has 2 aromatic heterocycles. The molecule has 0 unspecified atom stereocenters. The molecule has 1 saturated heterocycles. The van der Waals surface area contributed by atoms with Crippen molar-refractivity contribution in [3.05, 3.63) is 23.8 Å². The Morgan fingerprint density at radius 2 is 2.08 bits per heavy atom. The van der Waals surface area contributed by atoms with E-state index < -0.39 is 0 Å². The highest BCUT2D eigenvalue weighted by Gasteiger charge is 2.46. The Morgan fingerprint density at radius 3 is 2.75 bits per heavy atom. The van der Waals surface area contributed by atoms with Gasteiger partial charge in [0.15, 0.2) is 5.82 Å². The Balaban J connectivity index is 1.38. The Morgan fingerprint density at radius 1 is 1.25 bits per heavy atom. The van der Waals surface area contributed by atoms with E-state index in [-0.39, 0.29) is 17.6 Å². The first-order chi connectivity index (χ1) is 11.7. The van der Waals surface area contributed by atoms with Gasteiger partial charge in [-0.3, -0.25) is 14.6 Å². The molecule has 0 radical (unpaired) electrons. The first-order valence-corrected chi connectivity index (χ1v) is 8.76. The predicted octanol–water partition coefficient (Wildman–Crippen LogP) is 1.08.